The molecule has 2 aromatic rings. The summed E-state index contributed by atoms with van der Waals surface area (Å²) in [5, 5.41) is 1.14. The van der Waals surface area contributed by atoms with E-state index in [4.69, 9.17) is 4.74 Å². The van der Waals surface area contributed by atoms with E-state index in [-0.39, 0.29) is 0 Å². The lowest BCUT2D eigenvalue weighted by Crippen LogP contribution is -1.82. The summed E-state index contributed by atoms with van der Waals surface area (Å²) >= 11 is 1.49. The molecule has 0 aliphatic heterocycles. The van der Waals surface area contributed by atoms with Crippen molar-refractivity contribution in [2.45, 2.75) is 6.92 Å². The molecule has 0 saturated carbocycles. The molecule has 1 heterocycles. The van der Waals surface area contributed by atoms with Gasteiger partial charge in [-0.2, -0.15) is 0 Å². The van der Waals surface area contributed by atoms with Crippen molar-refractivity contribution in [3.63, 3.8) is 0 Å². The molecule has 0 fully saturated rings. The van der Waals surface area contributed by atoms with E-state index in [0.29, 0.717) is 0 Å². The highest BCUT2D eigenvalue weighted by Gasteiger charge is 2.05. The number of rotatable bonds is 2. The third kappa shape index (κ3) is 1.40. The molecule has 0 saturated heterocycles. The minimum atomic E-state index is 0.761. The average Bonchev–Trinajstić information content (AvgIpc) is 2.61. The number of hydrogen-bond donors (Lipinski definition) is 0. The van der Waals surface area contributed by atoms with Crippen molar-refractivity contribution in [3.05, 3.63) is 28.6 Å². The summed E-state index contributed by atoms with van der Waals surface area (Å²) in [5.41, 5.74) is 1.14. The summed E-state index contributed by atoms with van der Waals surface area (Å²) in [4.78, 5) is 11.4. The van der Waals surface area contributed by atoms with Crippen LogP contribution in [0.25, 0.3) is 10.1 Å². The van der Waals surface area contributed by atoms with Crippen LogP contribution in [0.3, 0.4) is 0 Å². The molecule has 1 aromatic heterocycles. The number of benzene rings is 1. The molecule has 0 N–H and O–H groups in total. The van der Waals surface area contributed by atoms with Gasteiger partial charge in [-0.25, -0.2) is 0 Å². The molecule has 2 rings (SSSR count). The molecule has 0 amide bonds. The van der Waals surface area contributed by atoms with E-state index in [1.165, 1.54) is 11.3 Å². The lowest BCUT2D eigenvalue weighted by Gasteiger charge is -2.01. The van der Waals surface area contributed by atoms with Crippen molar-refractivity contribution >= 4 is 27.7 Å². The number of thiophene rings is 1. The Hall–Kier alpha value is -1.35. The lowest BCUT2D eigenvalue weighted by atomic mass is 10.1. The summed E-state index contributed by atoms with van der Waals surface area (Å²) in [7, 11) is 1.65. The molecule has 3 heteroatoms. The van der Waals surface area contributed by atoms with Crippen LogP contribution in [-0.4, -0.2) is 13.4 Å². The Balaban J connectivity index is 2.73. The molecule has 0 aliphatic rings. The van der Waals surface area contributed by atoms with E-state index in [1.807, 2.05) is 25.1 Å². The normalized spacial score (nSPS) is 10.4. The van der Waals surface area contributed by atoms with Gasteiger partial charge >= 0.3 is 0 Å². The first-order valence-corrected chi connectivity index (χ1v) is 5.09. The highest BCUT2D eigenvalue weighted by molar-refractivity contribution is 7.20. The molecule has 1 aromatic carbocycles. The summed E-state index contributed by atoms with van der Waals surface area (Å²) < 4.78 is 6.27. The van der Waals surface area contributed by atoms with Gasteiger partial charge in [0.1, 0.15) is 5.75 Å². The van der Waals surface area contributed by atoms with Gasteiger partial charge in [0.25, 0.3) is 0 Å². The third-order valence-corrected chi connectivity index (χ3v) is 3.20. The highest BCUT2D eigenvalue weighted by Crippen LogP contribution is 2.31. The fraction of sp³-hybridized carbons (Fsp3) is 0.182. The van der Waals surface area contributed by atoms with Gasteiger partial charge in [-0.3, -0.25) is 4.79 Å². The van der Waals surface area contributed by atoms with Crippen LogP contribution in [0.1, 0.15) is 15.2 Å². The van der Waals surface area contributed by atoms with Crippen LogP contribution >= 0.6 is 11.3 Å². The van der Waals surface area contributed by atoms with Crippen molar-refractivity contribution in [1.82, 2.24) is 0 Å². The third-order valence-electron chi connectivity index (χ3n) is 2.19. The van der Waals surface area contributed by atoms with Gasteiger partial charge in [0.2, 0.25) is 0 Å². The van der Waals surface area contributed by atoms with Crippen LogP contribution in [0.5, 0.6) is 5.75 Å². The smallest absolute Gasteiger partial charge is 0.160 e. The Morgan fingerprint density at radius 1 is 1.36 bits per heavy atom. The number of ether oxygens (including phenoxy) is 1. The SMILES string of the molecule is COc1cc(C)c2cc(C=O)sc2c1. The molecular formula is C11H10O2S. The van der Waals surface area contributed by atoms with Crippen LogP contribution in [0, 0.1) is 6.92 Å². The van der Waals surface area contributed by atoms with Crippen molar-refractivity contribution in [1.29, 1.82) is 0 Å². The second-order valence-electron chi connectivity index (χ2n) is 3.12. The zero-order valence-corrected chi connectivity index (χ0v) is 8.85. The lowest BCUT2D eigenvalue weighted by molar-refractivity contribution is 0.112. The Morgan fingerprint density at radius 3 is 2.79 bits per heavy atom. The molecule has 0 bridgehead atoms. The summed E-state index contributed by atoms with van der Waals surface area (Å²) in [6, 6.07) is 5.85. The van der Waals surface area contributed by atoms with Crippen molar-refractivity contribution in [3.8, 4) is 5.75 Å². The van der Waals surface area contributed by atoms with Crippen molar-refractivity contribution in [2.75, 3.05) is 7.11 Å². The Bertz CT molecular complexity index is 485. The van der Waals surface area contributed by atoms with E-state index in [0.717, 1.165) is 32.6 Å². The second-order valence-corrected chi connectivity index (χ2v) is 4.24. The summed E-state index contributed by atoms with van der Waals surface area (Å²) in [6.07, 6.45) is 0.885. The first-order valence-electron chi connectivity index (χ1n) is 4.28. The van der Waals surface area contributed by atoms with E-state index < -0.39 is 0 Å². The monoisotopic (exact) mass is 206 g/mol. The van der Waals surface area contributed by atoms with Gasteiger partial charge in [0, 0.05) is 4.70 Å². The van der Waals surface area contributed by atoms with Crippen LogP contribution < -0.4 is 4.74 Å². The molecule has 0 radical (unpaired) electrons. The molecular weight excluding hydrogens is 196 g/mol. The van der Waals surface area contributed by atoms with Gasteiger partial charge in [0.15, 0.2) is 6.29 Å². The van der Waals surface area contributed by atoms with Gasteiger partial charge in [-0.1, -0.05) is 0 Å². The van der Waals surface area contributed by atoms with Crippen molar-refractivity contribution < 1.29 is 9.53 Å². The van der Waals surface area contributed by atoms with Gasteiger partial charge in [-0.05, 0) is 36.1 Å². The Kier molecular flexibility index (Phi) is 2.25. The quantitative estimate of drug-likeness (QED) is 0.706. The van der Waals surface area contributed by atoms with Crippen LogP contribution in [-0.2, 0) is 0 Å². The zero-order valence-electron chi connectivity index (χ0n) is 8.03. The molecule has 14 heavy (non-hydrogen) atoms. The fourth-order valence-electron chi connectivity index (χ4n) is 1.48. The minimum absolute atomic E-state index is 0.761. The molecule has 0 aliphatic carbocycles. The molecule has 2 nitrogen and oxygen atoms in total. The van der Waals surface area contributed by atoms with Crippen LogP contribution in [0.2, 0.25) is 0 Å². The Labute approximate surface area is 86.1 Å². The maximum atomic E-state index is 10.6. The predicted molar refractivity (Wildman–Crippen MR) is 58.5 cm³/mol. The minimum Gasteiger partial charge on any atom is -0.497 e. The number of carbonyl (C=O) groups excluding carboxylic acids is 1. The average molecular weight is 206 g/mol. The van der Waals surface area contributed by atoms with Crippen LogP contribution in [0.4, 0.5) is 0 Å². The number of fused-ring (bicyclic) bond motifs is 1. The summed E-state index contributed by atoms with van der Waals surface area (Å²) in [6.45, 7) is 2.02. The number of hydrogen-bond acceptors (Lipinski definition) is 3. The topological polar surface area (TPSA) is 26.3 Å². The zero-order chi connectivity index (χ0) is 10.1. The Morgan fingerprint density at radius 2 is 2.14 bits per heavy atom. The van der Waals surface area contributed by atoms with Gasteiger partial charge < -0.3 is 4.74 Å². The molecule has 0 unspecified atom stereocenters. The molecule has 0 atom stereocenters. The van der Waals surface area contributed by atoms with Crippen molar-refractivity contribution in [2.24, 2.45) is 0 Å². The standard InChI is InChI=1S/C11H10O2S/c1-7-3-8(13-2)4-11-10(7)5-9(6-12)14-11/h3-6H,1-2H3. The van der Waals surface area contributed by atoms with E-state index in [1.54, 1.807) is 7.11 Å². The largest absolute Gasteiger partial charge is 0.497 e. The van der Waals surface area contributed by atoms with E-state index in [9.17, 15) is 4.79 Å². The molecule has 72 valence electrons. The van der Waals surface area contributed by atoms with Gasteiger partial charge in [-0.15, -0.1) is 11.3 Å². The molecule has 0 spiro atoms. The number of carbonyl (C=O) groups is 1. The van der Waals surface area contributed by atoms with Gasteiger partial charge in [0.05, 0.1) is 12.0 Å². The number of aryl methyl sites for hydroxylation is 1. The number of methoxy groups -OCH3 is 1. The maximum Gasteiger partial charge on any atom is 0.160 e. The second kappa shape index (κ2) is 3.42. The van der Waals surface area contributed by atoms with E-state index >= 15 is 0 Å². The first kappa shape index (κ1) is 9.21. The fourth-order valence-corrected chi connectivity index (χ4v) is 2.46. The van der Waals surface area contributed by atoms with Crippen LogP contribution in [0.15, 0.2) is 18.2 Å². The maximum absolute atomic E-state index is 10.6. The predicted octanol–water partition coefficient (Wildman–Crippen LogP) is 3.03. The first-order chi connectivity index (χ1) is 6.74. The number of aldehydes is 1. The van der Waals surface area contributed by atoms with E-state index in [2.05, 4.69) is 0 Å². The highest BCUT2D eigenvalue weighted by atomic mass is 32.1. The summed E-state index contributed by atoms with van der Waals surface area (Å²) in [5.74, 6) is 0.842.